The number of nitrogens with one attached hydrogen (secondary N) is 1. The number of thiophene rings is 1. The van der Waals surface area contributed by atoms with Crippen molar-refractivity contribution in [2.45, 2.75) is 25.4 Å². The van der Waals surface area contributed by atoms with Crippen molar-refractivity contribution in [1.82, 2.24) is 30.1 Å². The van der Waals surface area contributed by atoms with Crippen molar-refractivity contribution in [2.24, 2.45) is 0 Å². The highest BCUT2D eigenvalue weighted by atomic mass is 32.1. The minimum atomic E-state index is -0.0290. The van der Waals surface area contributed by atoms with Crippen LogP contribution in [0.3, 0.4) is 0 Å². The average Bonchev–Trinajstić information content (AvgIpc) is 3.33. The summed E-state index contributed by atoms with van der Waals surface area (Å²) in [4.78, 5) is 17.4. The third-order valence-corrected chi connectivity index (χ3v) is 4.97. The fraction of sp³-hybridized carbons (Fsp3) is 0.333. The van der Waals surface area contributed by atoms with Gasteiger partial charge >= 0.3 is 0 Å². The fourth-order valence-corrected chi connectivity index (χ4v) is 3.65. The number of rotatable bonds is 4. The Morgan fingerprint density at radius 1 is 1.39 bits per heavy atom. The lowest BCUT2D eigenvalue weighted by atomic mass is 10.2. The number of nitrogens with zero attached hydrogens (tertiary/aromatic N) is 5. The second kappa shape index (κ2) is 5.96. The summed E-state index contributed by atoms with van der Waals surface area (Å²) in [5.41, 5.74) is 1.35. The van der Waals surface area contributed by atoms with E-state index in [4.69, 9.17) is 0 Å². The maximum atomic E-state index is 12.8. The van der Waals surface area contributed by atoms with Gasteiger partial charge in [0.2, 0.25) is 0 Å². The van der Waals surface area contributed by atoms with Gasteiger partial charge in [0.25, 0.3) is 5.91 Å². The molecule has 23 heavy (non-hydrogen) atoms. The van der Waals surface area contributed by atoms with Gasteiger partial charge < -0.3 is 4.90 Å². The maximum absolute atomic E-state index is 12.8. The Labute approximate surface area is 136 Å². The van der Waals surface area contributed by atoms with Crippen LogP contribution in [0.15, 0.2) is 36.0 Å². The van der Waals surface area contributed by atoms with Gasteiger partial charge in [-0.3, -0.25) is 9.89 Å². The van der Waals surface area contributed by atoms with E-state index in [9.17, 15) is 4.79 Å². The molecule has 0 radical (unpaired) electrons. The highest BCUT2D eigenvalue weighted by molar-refractivity contribution is 7.13. The summed E-state index contributed by atoms with van der Waals surface area (Å²) in [7, 11) is 0. The van der Waals surface area contributed by atoms with Gasteiger partial charge in [-0.05, 0) is 30.4 Å². The van der Waals surface area contributed by atoms with Crippen molar-refractivity contribution in [3.8, 4) is 10.6 Å². The van der Waals surface area contributed by atoms with Crippen LogP contribution in [-0.4, -0.2) is 48.6 Å². The van der Waals surface area contributed by atoms with Crippen LogP contribution < -0.4 is 0 Å². The first kappa shape index (κ1) is 14.1. The molecule has 8 heteroatoms. The first-order chi connectivity index (χ1) is 11.3. The van der Waals surface area contributed by atoms with Crippen molar-refractivity contribution in [1.29, 1.82) is 0 Å². The maximum Gasteiger partial charge on any atom is 0.274 e. The van der Waals surface area contributed by atoms with Gasteiger partial charge in [0.15, 0.2) is 5.69 Å². The van der Waals surface area contributed by atoms with E-state index < -0.39 is 0 Å². The molecule has 7 nitrogen and oxygen atoms in total. The number of hydrogen-bond acceptors (Lipinski definition) is 5. The topological polar surface area (TPSA) is 79.7 Å². The van der Waals surface area contributed by atoms with Crippen molar-refractivity contribution in [3.63, 3.8) is 0 Å². The highest BCUT2D eigenvalue weighted by Crippen LogP contribution is 2.25. The summed E-state index contributed by atoms with van der Waals surface area (Å²) in [5.74, 6) is -0.0290. The molecule has 0 spiro atoms. The van der Waals surface area contributed by atoms with Crippen molar-refractivity contribution in [2.75, 3.05) is 6.54 Å². The minimum absolute atomic E-state index is 0.0290. The summed E-state index contributed by atoms with van der Waals surface area (Å²) >= 11 is 1.62. The van der Waals surface area contributed by atoms with Gasteiger partial charge in [-0.1, -0.05) is 6.07 Å². The number of hydrogen-bond donors (Lipinski definition) is 1. The zero-order valence-corrected chi connectivity index (χ0v) is 13.2. The molecule has 1 aliphatic heterocycles. The van der Waals surface area contributed by atoms with Crippen molar-refractivity contribution in [3.05, 3.63) is 41.7 Å². The van der Waals surface area contributed by atoms with Crippen LogP contribution in [0.1, 0.15) is 23.3 Å². The van der Waals surface area contributed by atoms with Crippen LogP contribution in [0.4, 0.5) is 0 Å². The second-order valence-electron chi connectivity index (χ2n) is 5.52. The number of carbonyl (C=O) groups excluding carboxylic acids is 1. The standard InChI is InChI=1S/C15H16N6OS/c22-15(13-9-12(18-19-13)14-4-2-8-23-14)20-7-1-3-11(20)10-21-16-5-6-17-21/h2,4-6,8-9,11H,1,3,7,10H2,(H,18,19). The molecule has 1 amide bonds. The largest absolute Gasteiger partial charge is 0.332 e. The fourth-order valence-electron chi connectivity index (χ4n) is 2.96. The molecule has 1 unspecified atom stereocenters. The lowest BCUT2D eigenvalue weighted by Gasteiger charge is -2.23. The Kier molecular flexibility index (Phi) is 3.66. The molecule has 4 heterocycles. The van der Waals surface area contributed by atoms with Gasteiger partial charge in [0.1, 0.15) is 0 Å². The zero-order chi connectivity index (χ0) is 15.6. The lowest BCUT2D eigenvalue weighted by Crippen LogP contribution is -2.38. The van der Waals surface area contributed by atoms with E-state index >= 15 is 0 Å². The number of amides is 1. The van der Waals surface area contributed by atoms with Crippen LogP contribution >= 0.6 is 11.3 Å². The summed E-state index contributed by atoms with van der Waals surface area (Å²) in [5, 5.41) is 17.4. The number of H-pyrrole nitrogens is 1. The molecule has 1 fully saturated rings. The van der Waals surface area contributed by atoms with E-state index in [0.717, 1.165) is 30.0 Å². The van der Waals surface area contributed by atoms with E-state index in [1.54, 1.807) is 28.5 Å². The Balaban J connectivity index is 1.51. The van der Waals surface area contributed by atoms with E-state index in [1.165, 1.54) is 0 Å². The number of aromatic nitrogens is 5. The molecule has 1 N–H and O–H groups in total. The first-order valence-electron chi connectivity index (χ1n) is 7.55. The SMILES string of the molecule is O=C(c1cc(-c2cccs2)[nH]n1)N1CCCC1Cn1nccn1. The molecule has 3 aromatic rings. The van der Waals surface area contributed by atoms with E-state index in [2.05, 4.69) is 20.4 Å². The molecule has 118 valence electrons. The predicted molar refractivity (Wildman–Crippen MR) is 86.0 cm³/mol. The summed E-state index contributed by atoms with van der Waals surface area (Å²) < 4.78 is 0. The Bertz CT molecular complexity index is 779. The molecule has 0 bridgehead atoms. The van der Waals surface area contributed by atoms with Crippen LogP contribution in [0.5, 0.6) is 0 Å². The molecule has 1 atom stereocenters. The molecule has 1 aliphatic rings. The zero-order valence-electron chi connectivity index (χ0n) is 12.4. The summed E-state index contributed by atoms with van der Waals surface area (Å²) in [6.45, 7) is 1.38. The number of carbonyl (C=O) groups is 1. The van der Waals surface area contributed by atoms with Gasteiger partial charge in [0.05, 0.1) is 35.6 Å². The first-order valence-corrected chi connectivity index (χ1v) is 8.43. The lowest BCUT2D eigenvalue weighted by molar-refractivity contribution is 0.0712. The van der Waals surface area contributed by atoms with Gasteiger partial charge in [0, 0.05) is 6.54 Å². The Morgan fingerprint density at radius 3 is 3.04 bits per heavy atom. The summed E-state index contributed by atoms with van der Waals surface area (Å²) in [6, 6.07) is 5.94. The van der Waals surface area contributed by atoms with Crippen molar-refractivity contribution >= 4 is 17.2 Å². The molecule has 0 saturated carbocycles. The summed E-state index contributed by atoms with van der Waals surface area (Å²) in [6.07, 6.45) is 5.28. The smallest absolute Gasteiger partial charge is 0.274 e. The van der Waals surface area contributed by atoms with Crippen molar-refractivity contribution < 1.29 is 4.79 Å². The van der Waals surface area contributed by atoms with Gasteiger partial charge in [-0.25, -0.2) is 0 Å². The molecule has 4 rings (SSSR count). The van der Waals surface area contributed by atoms with E-state index in [0.29, 0.717) is 12.2 Å². The highest BCUT2D eigenvalue weighted by Gasteiger charge is 2.31. The molecule has 0 aromatic carbocycles. The predicted octanol–water partition coefficient (Wildman–Crippen LogP) is 2.03. The minimum Gasteiger partial charge on any atom is -0.332 e. The van der Waals surface area contributed by atoms with Gasteiger partial charge in [-0.2, -0.15) is 20.1 Å². The molecule has 1 saturated heterocycles. The normalized spacial score (nSPS) is 17.7. The monoisotopic (exact) mass is 328 g/mol. The van der Waals surface area contributed by atoms with Crippen LogP contribution in [0, 0.1) is 0 Å². The third kappa shape index (κ3) is 2.77. The molecule has 3 aromatic heterocycles. The number of likely N-dealkylation sites (tertiary alicyclic amines) is 1. The molecule has 0 aliphatic carbocycles. The third-order valence-electron chi connectivity index (χ3n) is 4.06. The van der Waals surface area contributed by atoms with Gasteiger partial charge in [-0.15, -0.1) is 11.3 Å². The average molecular weight is 328 g/mol. The number of aromatic amines is 1. The van der Waals surface area contributed by atoms with Crippen LogP contribution in [0.25, 0.3) is 10.6 Å². The Morgan fingerprint density at radius 2 is 2.26 bits per heavy atom. The molecular weight excluding hydrogens is 312 g/mol. The van der Waals surface area contributed by atoms with Crippen LogP contribution in [0.2, 0.25) is 0 Å². The molecular formula is C15H16N6OS. The quantitative estimate of drug-likeness (QED) is 0.795. The van der Waals surface area contributed by atoms with E-state index in [1.807, 2.05) is 28.5 Å². The van der Waals surface area contributed by atoms with Crippen LogP contribution in [-0.2, 0) is 6.54 Å². The second-order valence-corrected chi connectivity index (χ2v) is 6.47. The Hall–Kier alpha value is -2.48. The van der Waals surface area contributed by atoms with E-state index in [-0.39, 0.29) is 11.9 Å².